The van der Waals surface area contributed by atoms with Crippen LogP contribution in [-0.2, 0) is 4.79 Å². The first-order valence-corrected chi connectivity index (χ1v) is 4.98. The number of likely N-dealkylation sites (N-methyl/N-ethyl adjacent to an activating group) is 1. The summed E-state index contributed by atoms with van der Waals surface area (Å²) in [6, 6.07) is 0.264. The fourth-order valence-electron chi connectivity index (χ4n) is 0.936. The minimum atomic E-state index is 0.0648. The Morgan fingerprint density at radius 1 is 1.36 bits per heavy atom. The summed E-state index contributed by atoms with van der Waals surface area (Å²) in [4.78, 5) is 15.4. The Balaban J connectivity index is 4.23. The van der Waals surface area contributed by atoms with Crippen LogP contribution >= 0.6 is 12.2 Å². The number of thiocarbonyl (C=S) groups is 1. The maximum atomic E-state index is 11.4. The van der Waals surface area contributed by atoms with Gasteiger partial charge in [-0.3, -0.25) is 9.69 Å². The molecule has 0 heterocycles. The Morgan fingerprint density at radius 2 is 1.86 bits per heavy atom. The van der Waals surface area contributed by atoms with Gasteiger partial charge in [0, 0.05) is 26.7 Å². The molecule has 0 rings (SSSR count). The fraction of sp³-hybridized carbons (Fsp3) is 0.778. The van der Waals surface area contributed by atoms with Crippen molar-refractivity contribution in [3.63, 3.8) is 0 Å². The maximum absolute atomic E-state index is 11.4. The molecule has 0 aromatic rings. The summed E-state index contributed by atoms with van der Waals surface area (Å²) in [6.45, 7) is 4.89. The Morgan fingerprint density at radius 3 is 2.14 bits per heavy atom. The molecule has 0 unspecified atom stereocenters. The van der Waals surface area contributed by atoms with Crippen LogP contribution in [0.4, 0.5) is 0 Å². The molecule has 1 amide bonds. The normalized spacial score (nSPS) is 10.7. The molecule has 2 N–H and O–H groups in total. The van der Waals surface area contributed by atoms with Gasteiger partial charge >= 0.3 is 0 Å². The molecule has 0 aromatic heterocycles. The van der Waals surface area contributed by atoms with Crippen LogP contribution in [0.15, 0.2) is 0 Å². The van der Waals surface area contributed by atoms with Crippen LogP contribution in [0.5, 0.6) is 0 Å². The molecule has 5 heteroatoms. The summed E-state index contributed by atoms with van der Waals surface area (Å²) in [7, 11) is 3.48. The van der Waals surface area contributed by atoms with Gasteiger partial charge in [-0.15, -0.1) is 0 Å². The van der Waals surface area contributed by atoms with Gasteiger partial charge in [-0.2, -0.15) is 0 Å². The van der Waals surface area contributed by atoms with E-state index in [0.29, 0.717) is 18.1 Å². The van der Waals surface area contributed by atoms with Crippen molar-refractivity contribution in [3.8, 4) is 0 Å². The third kappa shape index (κ3) is 5.14. The van der Waals surface area contributed by atoms with Gasteiger partial charge in [0.05, 0.1) is 11.5 Å². The summed E-state index contributed by atoms with van der Waals surface area (Å²) < 4.78 is 0. The van der Waals surface area contributed by atoms with Crippen LogP contribution < -0.4 is 5.73 Å². The predicted octanol–water partition coefficient (Wildman–Crippen LogP) is 0.0711. The number of hydrogen-bond donors (Lipinski definition) is 1. The van der Waals surface area contributed by atoms with E-state index >= 15 is 0 Å². The quantitative estimate of drug-likeness (QED) is 0.662. The Hall–Kier alpha value is -0.680. The Bertz CT molecular complexity index is 216. The molecule has 0 saturated carbocycles. The largest absolute Gasteiger partial charge is 0.392 e. The summed E-state index contributed by atoms with van der Waals surface area (Å²) in [6.07, 6.45) is 0. The van der Waals surface area contributed by atoms with Crippen LogP contribution in [0.3, 0.4) is 0 Å². The molecule has 0 aliphatic carbocycles. The Labute approximate surface area is 91.0 Å². The number of amides is 1. The molecule has 0 fully saturated rings. The number of carbonyl (C=O) groups is 1. The lowest BCUT2D eigenvalue weighted by Crippen LogP contribution is -2.44. The van der Waals surface area contributed by atoms with Crippen molar-refractivity contribution in [1.29, 1.82) is 0 Å². The second-order valence-corrected chi connectivity index (χ2v) is 4.28. The van der Waals surface area contributed by atoms with E-state index in [2.05, 4.69) is 0 Å². The van der Waals surface area contributed by atoms with E-state index in [1.165, 1.54) is 0 Å². The lowest BCUT2D eigenvalue weighted by Gasteiger charge is -2.26. The zero-order chi connectivity index (χ0) is 11.3. The number of nitrogens with zero attached hydrogens (tertiary/aromatic N) is 2. The molecule has 0 spiro atoms. The number of rotatable bonds is 5. The van der Waals surface area contributed by atoms with E-state index in [1.54, 1.807) is 19.0 Å². The van der Waals surface area contributed by atoms with Gasteiger partial charge in [0.2, 0.25) is 5.91 Å². The zero-order valence-electron chi connectivity index (χ0n) is 9.28. The first-order valence-electron chi connectivity index (χ1n) is 4.57. The molecule has 0 atom stereocenters. The molecule has 0 aliphatic rings. The molecule has 82 valence electrons. The number of carbonyl (C=O) groups excluding carboxylic acids is 1. The summed E-state index contributed by atoms with van der Waals surface area (Å²) >= 11 is 4.82. The molecule has 4 nitrogen and oxygen atoms in total. The lowest BCUT2D eigenvalue weighted by molar-refractivity contribution is -0.130. The SMILES string of the molecule is CC(C)N(CC(=O)N(C)C)CC(N)=S. The minimum absolute atomic E-state index is 0.0648. The summed E-state index contributed by atoms with van der Waals surface area (Å²) in [5.74, 6) is 0.0648. The number of hydrogen-bond acceptors (Lipinski definition) is 3. The molecule has 0 radical (unpaired) electrons. The molecule has 0 aliphatic heterocycles. The highest BCUT2D eigenvalue weighted by atomic mass is 32.1. The minimum Gasteiger partial charge on any atom is -0.392 e. The van der Waals surface area contributed by atoms with E-state index < -0.39 is 0 Å². The van der Waals surface area contributed by atoms with E-state index in [1.807, 2.05) is 18.7 Å². The van der Waals surface area contributed by atoms with Crippen molar-refractivity contribution >= 4 is 23.1 Å². The smallest absolute Gasteiger partial charge is 0.236 e. The van der Waals surface area contributed by atoms with E-state index in [4.69, 9.17) is 18.0 Å². The maximum Gasteiger partial charge on any atom is 0.236 e. The van der Waals surface area contributed by atoms with Gasteiger partial charge in [0.15, 0.2) is 0 Å². The lowest BCUT2D eigenvalue weighted by atomic mass is 10.3. The van der Waals surface area contributed by atoms with Gasteiger partial charge < -0.3 is 10.6 Å². The van der Waals surface area contributed by atoms with Crippen molar-refractivity contribution < 1.29 is 4.79 Å². The zero-order valence-corrected chi connectivity index (χ0v) is 10.1. The first-order chi connectivity index (χ1) is 6.34. The second kappa shape index (κ2) is 5.93. The summed E-state index contributed by atoms with van der Waals surface area (Å²) in [5, 5.41) is 0. The van der Waals surface area contributed by atoms with Crippen LogP contribution in [-0.4, -0.2) is 53.9 Å². The van der Waals surface area contributed by atoms with E-state index in [9.17, 15) is 4.79 Å². The molecular formula is C9H19N3OS. The molecule has 0 bridgehead atoms. The molecule has 0 aromatic carbocycles. The van der Waals surface area contributed by atoms with Gasteiger partial charge in [-0.05, 0) is 13.8 Å². The Kier molecular flexibility index (Phi) is 5.64. The van der Waals surface area contributed by atoms with Crippen LogP contribution in [0.25, 0.3) is 0 Å². The average Bonchev–Trinajstić information content (AvgIpc) is 2.01. The third-order valence-corrected chi connectivity index (χ3v) is 2.06. The van der Waals surface area contributed by atoms with Crippen molar-refractivity contribution in [3.05, 3.63) is 0 Å². The third-order valence-electron chi connectivity index (χ3n) is 1.93. The monoisotopic (exact) mass is 217 g/mol. The van der Waals surface area contributed by atoms with E-state index in [-0.39, 0.29) is 11.9 Å². The highest BCUT2D eigenvalue weighted by Gasteiger charge is 2.15. The average molecular weight is 217 g/mol. The van der Waals surface area contributed by atoms with Crippen LogP contribution in [0.1, 0.15) is 13.8 Å². The van der Waals surface area contributed by atoms with Crippen LogP contribution in [0.2, 0.25) is 0 Å². The van der Waals surface area contributed by atoms with Crippen molar-refractivity contribution in [2.24, 2.45) is 5.73 Å². The fourth-order valence-corrected chi connectivity index (χ4v) is 1.10. The topological polar surface area (TPSA) is 49.6 Å². The standard InChI is InChI=1S/C9H19N3OS/c1-7(2)12(5-8(10)14)6-9(13)11(3)4/h7H,5-6H2,1-4H3,(H2,10,14). The van der Waals surface area contributed by atoms with Crippen molar-refractivity contribution in [1.82, 2.24) is 9.80 Å². The van der Waals surface area contributed by atoms with Gasteiger partial charge in [-0.25, -0.2) is 0 Å². The second-order valence-electron chi connectivity index (χ2n) is 3.75. The highest BCUT2D eigenvalue weighted by Crippen LogP contribution is 1.98. The highest BCUT2D eigenvalue weighted by molar-refractivity contribution is 7.80. The van der Waals surface area contributed by atoms with Crippen LogP contribution in [0, 0.1) is 0 Å². The molecular weight excluding hydrogens is 198 g/mol. The number of nitrogens with two attached hydrogens (primary N) is 1. The molecule has 0 saturated heterocycles. The van der Waals surface area contributed by atoms with Crippen molar-refractivity contribution in [2.45, 2.75) is 19.9 Å². The van der Waals surface area contributed by atoms with Crippen molar-refractivity contribution in [2.75, 3.05) is 27.2 Å². The summed E-state index contributed by atoms with van der Waals surface area (Å²) in [5.41, 5.74) is 5.45. The van der Waals surface area contributed by atoms with Gasteiger partial charge in [-0.1, -0.05) is 12.2 Å². The van der Waals surface area contributed by atoms with Gasteiger partial charge in [0.1, 0.15) is 0 Å². The van der Waals surface area contributed by atoms with Gasteiger partial charge in [0.25, 0.3) is 0 Å². The van der Waals surface area contributed by atoms with E-state index in [0.717, 1.165) is 0 Å². The molecule has 14 heavy (non-hydrogen) atoms. The first kappa shape index (κ1) is 13.3. The predicted molar refractivity (Wildman–Crippen MR) is 62.2 cm³/mol.